The molecule has 0 N–H and O–H groups in total. The fourth-order valence-electron chi connectivity index (χ4n) is 2.17. The number of hydrogen-bond acceptors (Lipinski definition) is 6. The average molecular weight is 310 g/mol. The van der Waals surface area contributed by atoms with Crippen LogP contribution in [0.2, 0.25) is 0 Å². The molecule has 0 fully saturated rings. The normalized spacial score (nSPS) is 11.1. The zero-order valence-electron chi connectivity index (χ0n) is 11.3. The predicted octanol–water partition coefficient (Wildman–Crippen LogP) is 2.56. The van der Waals surface area contributed by atoms with Crippen molar-refractivity contribution in [2.45, 2.75) is 6.54 Å². The van der Waals surface area contributed by atoms with Crippen LogP contribution in [0.1, 0.15) is 5.69 Å². The van der Waals surface area contributed by atoms with Crippen LogP contribution in [0.5, 0.6) is 0 Å². The molecule has 0 spiro atoms. The topological polar surface area (TPSA) is 73.8 Å². The van der Waals surface area contributed by atoms with Crippen molar-refractivity contribution in [3.8, 4) is 10.8 Å². The van der Waals surface area contributed by atoms with Gasteiger partial charge in [-0.2, -0.15) is 0 Å². The molecular formula is C15H10N4O2S. The third kappa shape index (κ3) is 2.21. The first-order chi connectivity index (χ1) is 10.8. The molecule has 6 nitrogen and oxygen atoms in total. The lowest BCUT2D eigenvalue weighted by Gasteiger charge is -2.01. The van der Waals surface area contributed by atoms with E-state index in [0.717, 1.165) is 4.88 Å². The minimum atomic E-state index is -0.189. The van der Waals surface area contributed by atoms with Gasteiger partial charge in [0, 0.05) is 0 Å². The SMILES string of the molecule is O=c1c2ccccc2nnn1Cc1coc(-c2cccs2)n1. The van der Waals surface area contributed by atoms with E-state index in [4.69, 9.17) is 4.42 Å². The largest absolute Gasteiger partial charge is 0.443 e. The number of nitrogens with zero attached hydrogens (tertiary/aromatic N) is 4. The molecule has 22 heavy (non-hydrogen) atoms. The maximum Gasteiger partial charge on any atom is 0.277 e. The van der Waals surface area contributed by atoms with Crippen molar-refractivity contribution >= 4 is 22.2 Å². The Morgan fingerprint density at radius 3 is 2.95 bits per heavy atom. The van der Waals surface area contributed by atoms with Crippen molar-refractivity contribution in [3.05, 3.63) is 64.1 Å². The summed E-state index contributed by atoms with van der Waals surface area (Å²) in [6, 6.07) is 11.0. The Hall–Kier alpha value is -2.80. The Labute approximate surface area is 128 Å². The molecular weight excluding hydrogens is 300 g/mol. The van der Waals surface area contributed by atoms with E-state index in [-0.39, 0.29) is 12.1 Å². The van der Waals surface area contributed by atoms with E-state index in [2.05, 4.69) is 15.3 Å². The Kier molecular flexibility index (Phi) is 3.05. The Bertz CT molecular complexity index is 988. The Morgan fingerprint density at radius 1 is 1.18 bits per heavy atom. The molecule has 0 aliphatic rings. The fourth-order valence-corrected chi connectivity index (χ4v) is 2.83. The number of aromatic nitrogens is 4. The van der Waals surface area contributed by atoms with Gasteiger partial charge in [-0.05, 0) is 23.6 Å². The summed E-state index contributed by atoms with van der Waals surface area (Å²) in [4.78, 5) is 17.7. The Balaban J connectivity index is 1.69. The summed E-state index contributed by atoms with van der Waals surface area (Å²) in [6.07, 6.45) is 1.54. The monoisotopic (exact) mass is 310 g/mol. The van der Waals surface area contributed by atoms with Gasteiger partial charge in [-0.3, -0.25) is 4.79 Å². The van der Waals surface area contributed by atoms with Crippen molar-refractivity contribution in [2.24, 2.45) is 0 Å². The summed E-state index contributed by atoms with van der Waals surface area (Å²) in [5.41, 5.74) is 1.03. The van der Waals surface area contributed by atoms with E-state index < -0.39 is 0 Å². The summed E-state index contributed by atoms with van der Waals surface area (Å²) in [7, 11) is 0. The smallest absolute Gasteiger partial charge is 0.277 e. The van der Waals surface area contributed by atoms with E-state index in [1.54, 1.807) is 35.8 Å². The summed E-state index contributed by atoms with van der Waals surface area (Å²) >= 11 is 1.55. The maximum absolute atomic E-state index is 12.4. The van der Waals surface area contributed by atoms with Gasteiger partial charge in [-0.15, -0.1) is 16.4 Å². The van der Waals surface area contributed by atoms with Crippen molar-refractivity contribution in [3.63, 3.8) is 0 Å². The van der Waals surface area contributed by atoms with Crippen molar-refractivity contribution in [1.29, 1.82) is 0 Å². The molecule has 0 saturated carbocycles. The van der Waals surface area contributed by atoms with Crippen LogP contribution in [0.4, 0.5) is 0 Å². The highest BCUT2D eigenvalue weighted by atomic mass is 32.1. The van der Waals surface area contributed by atoms with Crippen LogP contribution in [0.25, 0.3) is 21.7 Å². The Morgan fingerprint density at radius 2 is 2.09 bits per heavy atom. The first kappa shape index (κ1) is 12.9. The van der Waals surface area contributed by atoms with Crippen molar-refractivity contribution in [1.82, 2.24) is 20.0 Å². The van der Waals surface area contributed by atoms with Gasteiger partial charge in [0.05, 0.1) is 16.8 Å². The summed E-state index contributed by atoms with van der Waals surface area (Å²) in [5.74, 6) is 0.548. The highest BCUT2D eigenvalue weighted by Gasteiger charge is 2.10. The first-order valence-electron chi connectivity index (χ1n) is 6.62. The molecule has 4 aromatic rings. The lowest BCUT2D eigenvalue weighted by Crippen LogP contribution is -2.24. The van der Waals surface area contributed by atoms with E-state index in [1.807, 2.05) is 23.6 Å². The van der Waals surface area contributed by atoms with Crippen LogP contribution >= 0.6 is 11.3 Å². The molecule has 0 atom stereocenters. The van der Waals surface area contributed by atoms with Crippen molar-refractivity contribution in [2.75, 3.05) is 0 Å². The van der Waals surface area contributed by atoms with Gasteiger partial charge in [0.2, 0.25) is 5.89 Å². The van der Waals surface area contributed by atoms with E-state index in [9.17, 15) is 4.79 Å². The van der Waals surface area contributed by atoms with Gasteiger partial charge in [0.25, 0.3) is 5.56 Å². The standard InChI is InChI=1S/C15H10N4O2S/c20-15-11-4-1-2-5-12(11)17-18-19(15)8-10-9-21-14(16-10)13-6-3-7-22-13/h1-7,9H,8H2. The minimum absolute atomic E-state index is 0.189. The van der Waals surface area contributed by atoms with Gasteiger partial charge in [-0.25, -0.2) is 9.67 Å². The maximum atomic E-state index is 12.4. The zero-order chi connectivity index (χ0) is 14.9. The lowest BCUT2D eigenvalue weighted by molar-refractivity contribution is 0.563. The lowest BCUT2D eigenvalue weighted by atomic mass is 10.2. The van der Waals surface area contributed by atoms with Gasteiger partial charge >= 0.3 is 0 Å². The van der Waals surface area contributed by atoms with Gasteiger partial charge in [0.1, 0.15) is 17.5 Å². The number of rotatable bonds is 3. The highest BCUT2D eigenvalue weighted by Crippen LogP contribution is 2.23. The molecule has 0 unspecified atom stereocenters. The molecule has 1 aromatic carbocycles. The number of oxazole rings is 1. The van der Waals surface area contributed by atoms with E-state index in [0.29, 0.717) is 22.5 Å². The van der Waals surface area contributed by atoms with Crippen LogP contribution in [0, 0.1) is 0 Å². The molecule has 0 aliphatic carbocycles. The minimum Gasteiger partial charge on any atom is -0.443 e. The second-order valence-electron chi connectivity index (χ2n) is 4.69. The molecule has 0 radical (unpaired) electrons. The number of fused-ring (bicyclic) bond motifs is 1. The van der Waals surface area contributed by atoms with Crippen LogP contribution in [-0.4, -0.2) is 20.0 Å². The average Bonchev–Trinajstić information content (AvgIpc) is 3.21. The third-order valence-corrected chi connectivity index (χ3v) is 4.08. The number of benzene rings is 1. The highest BCUT2D eigenvalue weighted by molar-refractivity contribution is 7.13. The van der Waals surface area contributed by atoms with Crippen LogP contribution in [-0.2, 0) is 6.54 Å². The molecule has 3 aromatic heterocycles. The molecule has 0 saturated heterocycles. The molecule has 0 amide bonds. The molecule has 7 heteroatoms. The summed E-state index contributed by atoms with van der Waals surface area (Å²) in [6.45, 7) is 0.228. The van der Waals surface area contributed by atoms with Crippen LogP contribution < -0.4 is 5.56 Å². The third-order valence-electron chi connectivity index (χ3n) is 3.22. The fraction of sp³-hybridized carbons (Fsp3) is 0.0667. The molecule has 108 valence electrons. The van der Waals surface area contributed by atoms with Crippen LogP contribution in [0.3, 0.4) is 0 Å². The summed E-state index contributed by atoms with van der Waals surface area (Å²) < 4.78 is 6.73. The van der Waals surface area contributed by atoms with Gasteiger partial charge in [-0.1, -0.05) is 23.4 Å². The molecule has 0 bridgehead atoms. The second kappa shape index (κ2) is 5.19. The second-order valence-corrected chi connectivity index (χ2v) is 5.64. The molecule has 4 rings (SSSR count). The predicted molar refractivity (Wildman–Crippen MR) is 82.7 cm³/mol. The molecule has 3 heterocycles. The summed E-state index contributed by atoms with van der Waals surface area (Å²) in [5, 5.41) is 10.5. The van der Waals surface area contributed by atoms with Crippen LogP contribution in [0.15, 0.2) is 57.3 Å². The molecule has 0 aliphatic heterocycles. The number of thiophene rings is 1. The number of hydrogen-bond donors (Lipinski definition) is 0. The van der Waals surface area contributed by atoms with Gasteiger partial charge < -0.3 is 4.42 Å². The zero-order valence-corrected chi connectivity index (χ0v) is 12.2. The van der Waals surface area contributed by atoms with E-state index >= 15 is 0 Å². The van der Waals surface area contributed by atoms with Gasteiger partial charge in [0.15, 0.2) is 0 Å². The van der Waals surface area contributed by atoms with Crippen molar-refractivity contribution < 1.29 is 4.42 Å². The quantitative estimate of drug-likeness (QED) is 0.581. The van der Waals surface area contributed by atoms with E-state index in [1.165, 1.54) is 4.68 Å². The first-order valence-corrected chi connectivity index (χ1v) is 7.50.